The SMILES string of the molecule is CCCCN(C)CCNC(=O)C1CC(=O)N(CCc2ccc(C)cc2)C1. The van der Waals surface area contributed by atoms with Crippen LogP contribution in [-0.4, -0.2) is 61.4 Å². The summed E-state index contributed by atoms with van der Waals surface area (Å²) in [6.07, 6.45) is 3.53. The van der Waals surface area contributed by atoms with Gasteiger partial charge in [-0.25, -0.2) is 0 Å². The Labute approximate surface area is 157 Å². The van der Waals surface area contributed by atoms with E-state index in [1.54, 1.807) is 0 Å². The summed E-state index contributed by atoms with van der Waals surface area (Å²) in [5, 5.41) is 2.99. The number of unbranched alkanes of at least 4 members (excludes halogenated alkanes) is 1. The van der Waals surface area contributed by atoms with E-state index in [2.05, 4.69) is 55.4 Å². The predicted molar refractivity (Wildman–Crippen MR) is 105 cm³/mol. The molecule has 0 aromatic heterocycles. The molecule has 5 heteroatoms. The van der Waals surface area contributed by atoms with Gasteiger partial charge >= 0.3 is 0 Å². The van der Waals surface area contributed by atoms with Crippen molar-refractivity contribution in [2.45, 2.75) is 39.5 Å². The van der Waals surface area contributed by atoms with E-state index in [0.717, 1.165) is 19.5 Å². The van der Waals surface area contributed by atoms with E-state index in [4.69, 9.17) is 0 Å². The van der Waals surface area contributed by atoms with Gasteiger partial charge in [0, 0.05) is 32.6 Å². The topological polar surface area (TPSA) is 52.7 Å². The molecular formula is C21H33N3O2. The summed E-state index contributed by atoms with van der Waals surface area (Å²) in [5.74, 6) is -0.0983. The summed E-state index contributed by atoms with van der Waals surface area (Å²) in [7, 11) is 2.08. The maximum Gasteiger partial charge on any atom is 0.225 e. The van der Waals surface area contributed by atoms with Crippen LogP contribution in [0.2, 0.25) is 0 Å². The second-order valence-corrected chi connectivity index (χ2v) is 7.42. The average molecular weight is 360 g/mol. The molecule has 1 aromatic carbocycles. The molecule has 2 rings (SSSR count). The fourth-order valence-corrected chi connectivity index (χ4v) is 3.24. The molecule has 1 aromatic rings. The van der Waals surface area contributed by atoms with Crippen LogP contribution < -0.4 is 5.32 Å². The molecule has 1 atom stereocenters. The highest BCUT2D eigenvalue weighted by molar-refractivity contribution is 5.89. The summed E-state index contributed by atoms with van der Waals surface area (Å²) in [5.41, 5.74) is 2.47. The molecule has 0 saturated carbocycles. The van der Waals surface area contributed by atoms with Crippen LogP contribution in [-0.2, 0) is 16.0 Å². The molecule has 0 bridgehead atoms. The number of benzene rings is 1. The Hall–Kier alpha value is -1.88. The average Bonchev–Trinajstić information content (AvgIpc) is 3.00. The molecule has 1 aliphatic rings. The van der Waals surface area contributed by atoms with Crippen LogP contribution in [0.4, 0.5) is 0 Å². The first-order chi connectivity index (χ1) is 12.5. The number of nitrogens with zero attached hydrogens (tertiary/aromatic N) is 2. The van der Waals surface area contributed by atoms with Gasteiger partial charge in [-0.05, 0) is 38.9 Å². The zero-order valence-corrected chi connectivity index (χ0v) is 16.5. The minimum Gasteiger partial charge on any atom is -0.355 e. The van der Waals surface area contributed by atoms with Crippen molar-refractivity contribution in [2.75, 3.05) is 39.8 Å². The van der Waals surface area contributed by atoms with Crippen molar-refractivity contribution in [3.05, 3.63) is 35.4 Å². The smallest absolute Gasteiger partial charge is 0.225 e. The molecule has 0 radical (unpaired) electrons. The maximum atomic E-state index is 12.3. The normalized spacial score (nSPS) is 17.2. The largest absolute Gasteiger partial charge is 0.355 e. The van der Waals surface area contributed by atoms with Gasteiger partial charge in [-0.15, -0.1) is 0 Å². The number of likely N-dealkylation sites (tertiary alicyclic amines) is 1. The zero-order chi connectivity index (χ0) is 18.9. The monoisotopic (exact) mass is 359 g/mol. The highest BCUT2D eigenvalue weighted by atomic mass is 16.2. The van der Waals surface area contributed by atoms with Gasteiger partial charge in [-0.2, -0.15) is 0 Å². The first-order valence-electron chi connectivity index (χ1n) is 9.79. The van der Waals surface area contributed by atoms with Crippen LogP contribution in [0.15, 0.2) is 24.3 Å². The molecule has 1 fully saturated rings. The van der Waals surface area contributed by atoms with Crippen molar-refractivity contribution < 1.29 is 9.59 Å². The second-order valence-electron chi connectivity index (χ2n) is 7.42. The van der Waals surface area contributed by atoms with Crippen LogP contribution in [0, 0.1) is 12.8 Å². The van der Waals surface area contributed by atoms with Gasteiger partial charge in [0.1, 0.15) is 0 Å². The van der Waals surface area contributed by atoms with Gasteiger partial charge in [0.15, 0.2) is 0 Å². The number of hydrogen-bond donors (Lipinski definition) is 1. The third-order valence-corrected chi connectivity index (χ3v) is 5.06. The first-order valence-corrected chi connectivity index (χ1v) is 9.79. The van der Waals surface area contributed by atoms with Gasteiger partial charge in [0.25, 0.3) is 0 Å². The summed E-state index contributed by atoms with van der Waals surface area (Å²) < 4.78 is 0. The number of amides is 2. The van der Waals surface area contributed by atoms with E-state index in [9.17, 15) is 9.59 Å². The number of carbonyl (C=O) groups is 2. The van der Waals surface area contributed by atoms with E-state index in [1.807, 2.05) is 4.90 Å². The van der Waals surface area contributed by atoms with E-state index < -0.39 is 0 Å². The number of hydrogen-bond acceptors (Lipinski definition) is 3. The fraction of sp³-hybridized carbons (Fsp3) is 0.619. The first kappa shape index (κ1) is 20.4. The van der Waals surface area contributed by atoms with Crippen LogP contribution >= 0.6 is 0 Å². The van der Waals surface area contributed by atoms with Crippen molar-refractivity contribution in [1.29, 1.82) is 0 Å². The van der Waals surface area contributed by atoms with Crippen LogP contribution in [0.25, 0.3) is 0 Å². The molecular weight excluding hydrogens is 326 g/mol. The molecule has 0 aliphatic carbocycles. The molecule has 144 valence electrons. The van der Waals surface area contributed by atoms with Crippen molar-refractivity contribution >= 4 is 11.8 Å². The third-order valence-electron chi connectivity index (χ3n) is 5.06. The van der Waals surface area contributed by atoms with Gasteiger partial charge < -0.3 is 15.1 Å². The lowest BCUT2D eigenvalue weighted by atomic mass is 10.1. The lowest BCUT2D eigenvalue weighted by molar-refractivity contribution is -0.129. The number of rotatable bonds is 10. The highest BCUT2D eigenvalue weighted by Crippen LogP contribution is 2.18. The molecule has 5 nitrogen and oxygen atoms in total. The number of likely N-dealkylation sites (N-methyl/N-ethyl adjacent to an activating group) is 1. The molecule has 1 saturated heterocycles. The van der Waals surface area contributed by atoms with Crippen LogP contribution in [0.5, 0.6) is 0 Å². The molecule has 1 N–H and O–H groups in total. The Morgan fingerprint density at radius 1 is 1.27 bits per heavy atom. The molecule has 1 unspecified atom stereocenters. The Balaban J connectivity index is 1.70. The Kier molecular flexibility index (Phi) is 8.10. The summed E-state index contributed by atoms with van der Waals surface area (Å²) >= 11 is 0. The predicted octanol–water partition coefficient (Wildman–Crippen LogP) is 2.23. The van der Waals surface area contributed by atoms with Crippen molar-refractivity contribution in [3.63, 3.8) is 0 Å². The van der Waals surface area contributed by atoms with Gasteiger partial charge in [0.2, 0.25) is 11.8 Å². The van der Waals surface area contributed by atoms with E-state index in [-0.39, 0.29) is 17.7 Å². The molecule has 0 spiro atoms. The molecule has 1 aliphatic heterocycles. The number of carbonyl (C=O) groups excluding carboxylic acids is 2. The lowest BCUT2D eigenvalue weighted by Gasteiger charge is -2.18. The Morgan fingerprint density at radius 3 is 2.69 bits per heavy atom. The maximum absolute atomic E-state index is 12.3. The van der Waals surface area contributed by atoms with Crippen molar-refractivity contribution in [2.24, 2.45) is 5.92 Å². The minimum atomic E-state index is -0.207. The minimum absolute atomic E-state index is 0.0140. The van der Waals surface area contributed by atoms with Crippen molar-refractivity contribution in [3.8, 4) is 0 Å². The number of nitrogens with one attached hydrogen (secondary N) is 1. The number of aryl methyl sites for hydroxylation is 1. The third kappa shape index (κ3) is 6.45. The lowest BCUT2D eigenvalue weighted by Crippen LogP contribution is -2.38. The van der Waals surface area contributed by atoms with E-state index >= 15 is 0 Å². The van der Waals surface area contributed by atoms with Crippen molar-refractivity contribution in [1.82, 2.24) is 15.1 Å². The summed E-state index contributed by atoms with van der Waals surface area (Å²) in [4.78, 5) is 28.6. The Morgan fingerprint density at radius 2 is 2.00 bits per heavy atom. The second kappa shape index (κ2) is 10.3. The summed E-state index contributed by atoms with van der Waals surface area (Å²) in [6.45, 7) is 8.03. The van der Waals surface area contributed by atoms with Crippen LogP contribution in [0.3, 0.4) is 0 Å². The van der Waals surface area contributed by atoms with Gasteiger partial charge in [-0.1, -0.05) is 43.2 Å². The van der Waals surface area contributed by atoms with E-state index in [0.29, 0.717) is 26.1 Å². The highest BCUT2D eigenvalue weighted by Gasteiger charge is 2.33. The molecule has 26 heavy (non-hydrogen) atoms. The van der Waals surface area contributed by atoms with Crippen LogP contribution in [0.1, 0.15) is 37.3 Å². The molecule has 2 amide bonds. The summed E-state index contributed by atoms with van der Waals surface area (Å²) in [6, 6.07) is 8.40. The zero-order valence-electron chi connectivity index (χ0n) is 16.5. The van der Waals surface area contributed by atoms with E-state index in [1.165, 1.54) is 24.0 Å². The molecule has 1 heterocycles. The standard InChI is InChI=1S/C21H33N3O2/c1-4-5-12-23(3)14-11-22-21(26)19-15-20(25)24(16-19)13-10-18-8-6-17(2)7-9-18/h6-9,19H,4-5,10-16H2,1-3H3,(H,22,26). The van der Waals surface area contributed by atoms with Gasteiger partial charge in [0.05, 0.1) is 5.92 Å². The van der Waals surface area contributed by atoms with Gasteiger partial charge in [-0.3, -0.25) is 9.59 Å². The quantitative estimate of drug-likeness (QED) is 0.697. The fourth-order valence-electron chi connectivity index (χ4n) is 3.24. The Bertz CT molecular complexity index is 585.